The van der Waals surface area contributed by atoms with Gasteiger partial charge in [-0.25, -0.2) is 0 Å². The summed E-state index contributed by atoms with van der Waals surface area (Å²) in [4.78, 5) is 17.9. The van der Waals surface area contributed by atoms with Crippen molar-refractivity contribution < 1.29 is 9.32 Å². The lowest BCUT2D eigenvalue weighted by Gasteiger charge is -2.15. The van der Waals surface area contributed by atoms with Gasteiger partial charge < -0.3 is 9.42 Å². The lowest BCUT2D eigenvalue weighted by molar-refractivity contribution is -0.129. The number of carbonyl (C=O) groups excluding carboxylic acids is 1. The van der Waals surface area contributed by atoms with Crippen LogP contribution in [0.3, 0.4) is 0 Å². The molecule has 5 heteroatoms. The van der Waals surface area contributed by atoms with Gasteiger partial charge in [-0.3, -0.25) is 9.78 Å². The lowest BCUT2D eigenvalue weighted by atomic mass is 10.1. The second kappa shape index (κ2) is 6.87. The van der Waals surface area contributed by atoms with Crippen molar-refractivity contribution in [3.05, 3.63) is 72.2 Å². The van der Waals surface area contributed by atoms with Crippen molar-refractivity contribution in [2.45, 2.75) is 13.0 Å². The first-order valence-corrected chi connectivity index (χ1v) is 7.36. The molecule has 0 saturated heterocycles. The Bertz CT molecular complexity index is 769. The van der Waals surface area contributed by atoms with E-state index in [0.29, 0.717) is 18.7 Å². The van der Waals surface area contributed by atoms with Crippen molar-refractivity contribution >= 4 is 5.91 Å². The van der Waals surface area contributed by atoms with Crippen LogP contribution in [0.5, 0.6) is 0 Å². The molecule has 0 spiro atoms. The van der Waals surface area contributed by atoms with Crippen molar-refractivity contribution in [3.8, 4) is 11.3 Å². The zero-order valence-electron chi connectivity index (χ0n) is 12.8. The molecule has 0 aliphatic heterocycles. The molecule has 1 amide bonds. The summed E-state index contributed by atoms with van der Waals surface area (Å²) in [6.45, 7) is 0.388. The minimum atomic E-state index is 0.00987. The Morgan fingerprint density at radius 2 is 2.00 bits per heavy atom. The van der Waals surface area contributed by atoms with Gasteiger partial charge in [0.05, 0.1) is 13.0 Å². The Balaban J connectivity index is 1.63. The van der Waals surface area contributed by atoms with E-state index in [0.717, 1.165) is 16.8 Å². The molecule has 3 aromatic rings. The maximum absolute atomic E-state index is 12.2. The molecule has 0 saturated carbocycles. The molecule has 5 nitrogen and oxygen atoms in total. The van der Waals surface area contributed by atoms with Gasteiger partial charge in [-0.2, -0.15) is 0 Å². The van der Waals surface area contributed by atoms with Gasteiger partial charge in [-0.15, -0.1) is 0 Å². The molecule has 0 radical (unpaired) electrons. The van der Waals surface area contributed by atoms with Crippen LogP contribution in [0, 0.1) is 0 Å². The highest BCUT2D eigenvalue weighted by Gasteiger charge is 2.13. The van der Waals surface area contributed by atoms with Crippen LogP contribution in [0.2, 0.25) is 0 Å². The fraction of sp³-hybridized carbons (Fsp3) is 0.167. The van der Waals surface area contributed by atoms with Crippen LogP contribution >= 0.6 is 0 Å². The topological polar surface area (TPSA) is 59.2 Å². The Morgan fingerprint density at radius 3 is 2.74 bits per heavy atom. The van der Waals surface area contributed by atoms with Crippen molar-refractivity contribution in [1.82, 2.24) is 15.0 Å². The maximum atomic E-state index is 12.2. The second-order valence-electron chi connectivity index (χ2n) is 5.33. The largest absolute Gasteiger partial charge is 0.359 e. The van der Waals surface area contributed by atoms with E-state index in [1.165, 1.54) is 0 Å². The Hall–Kier alpha value is -2.95. The van der Waals surface area contributed by atoms with Gasteiger partial charge in [0.15, 0.2) is 5.76 Å². The summed E-state index contributed by atoms with van der Waals surface area (Å²) in [5, 5.41) is 4.06. The number of benzene rings is 1. The molecule has 0 N–H and O–H groups in total. The predicted octanol–water partition coefficient (Wildman–Crippen LogP) is 2.94. The van der Waals surface area contributed by atoms with Gasteiger partial charge in [-0.05, 0) is 11.6 Å². The minimum Gasteiger partial charge on any atom is -0.359 e. The normalized spacial score (nSPS) is 10.5. The molecule has 0 aliphatic rings. The summed E-state index contributed by atoms with van der Waals surface area (Å²) in [6.07, 6.45) is 3.72. The van der Waals surface area contributed by atoms with Crippen molar-refractivity contribution in [2.75, 3.05) is 7.05 Å². The van der Waals surface area contributed by atoms with Crippen LogP contribution in [-0.4, -0.2) is 28.0 Å². The molecule has 2 aromatic heterocycles. The van der Waals surface area contributed by atoms with E-state index in [4.69, 9.17) is 4.52 Å². The van der Waals surface area contributed by atoms with Crippen LogP contribution in [0.1, 0.15) is 11.3 Å². The van der Waals surface area contributed by atoms with Crippen molar-refractivity contribution in [1.29, 1.82) is 0 Å². The molecule has 0 atom stereocenters. The third kappa shape index (κ3) is 3.83. The third-order valence-corrected chi connectivity index (χ3v) is 3.53. The number of likely N-dealkylation sites (N-methyl/N-ethyl adjacent to an activating group) is 1. The number of pyridine rings is 1. The Kier molecular flexibility index (Phi) is 4.47. The number of hydrogen-bond acceptors (Lipinski definition) is 4. The van der Waals surface area contributed by atoms with E-state index in [9.17, 15) is 4.79 Å². The van der Waals surface area contributed by atoms with Crippen LogP contribution < -0.4 is 0 Å². The predicted molar refractivity (Wildman–Crippen MR) is 86.4 cm³/mol. The van der Waals surface area contributed by atoms with Gasteiger partial charge >= 0.3 is 0 Å². The monoisotopic (exact) mass is 307 g/mol. The number of rotatable bonds is 5. The molecule has 1 aromatic carbocycles. The van der Waals surface area contributed by atoms with Crippen molar-refractivity contribution in [3.63, 3.8) is 0 Å². The molecular formula is C18H17N3O2. The molecule has 0 bridgehead atoms. The standard InChI is InChI=1S/C18H17N3O2/c1-21(18(22)10-14-6-5-9-19-12-14)13-16-11-17(20-23-16)15-7-3-2-4-8-15/h2-9,11-12H,10,13H2,1H3. The highest BCUT2D eigenvalue weighted by Crippen LogP contribution is 2.19. The first-order chi connectivity index (χ1) is 11.2. The van der Waals surface area contributed by atoms with Gasteiger partial charge in [0.1, 0.15) is 5.69 Å². The first-order valence-electron chi connectivity index (χ1n) is 7.36. The second-order valence-corrected chi connectivity index (χ2v) is 5.33. The highest BCUT2D eigenvalue weighted by atomic mass is 16.5. The summed E-state index contributed by atoms with van der Waals surface area (Å²) < 4.78 is 5.33. The van der Waals surface area contributed by atoms with Gasteiger partial charge in [-0.1, -0.05) is 41.6 Å². The van der Waals surface area contributed by atoms with E-state index in [1.54, 1.807) is 24.3 Å². The summed E-state index contributed by atoms with van der Waals surface area (Å²) in [6, 6.07) is 15.4. The van der Waals surface area contributed by atoms with Gasteiger partial charge in [0.2, 0.25) is 5.91 Å². The molecular weight excluding hydrogens is 290 g/mol. The number of hydrogen-bond donors (Lipinski definition) is 0. The molecule has 0 aliphatic carbocycles. The number of nitrogens with zero attached hydrogens (tertiary/aromatic N) is 3. The molecule has 0 unspecified atom stereocenters. The zero-order chi connectivity index (χ0) is 16.1. The average Bonchev–Trinajstić information content (AvgIpc) is 3.05. The number of amides is 1. The quantitative estimate of drug-likeness (QED) is 0.727. The average molecular weight is 307 g/mol. The van der Waals surface area contributed by atoms with Gasteiger partial charge in [0.25, 0.3) is 0 Å². The smallest absolute Gasteiger partial charge is 0.227 e. The first kappa shape index (κ1) is 15.0. The van der Waals surface area contributed by atoms with Crippen molar-refractivity contribution in [2.24, 2.45) is 0 Å². The van der Waals surface area contributed by atoms with Crippen LogP contribution in [-0.2, 0) is 17.8 Å². The summed E-state index contributed by atoms with van der Waals surface area (Å²) in [7, 11) is 1.75. The minimum absolute atomic E-state index is 0.00987. The SMILES string of the molecule is CN(Cc1cc(-c2ccccc2)no1)C(=O)Cc1cccnc1. The van der Waals surface area contributed by atoms with E-state index < -0.39 is 0 Å². The Morgan fingerprint density at radius 1 is 1.17 bits per heavy atom. The third-order valence-electron chi connectivity index (χ3n) is 3.53. The summed E-state index contributed by atoms with van der Waals surface area (Å²) in [5.41, 5.74) is 2.66. The zero-order valence-corrected chi connectivity index (χ0v) is 12.8. The molecule has 23 heavy (non-hydrogen) atoms. The van der Waals surface area contributed by atoms with E-state index in [-0.39, 0.29) is 5.91 Å². The van der Waals surface area contributed by atoms with Crippen LogP contribution in [0.25, 0.3) is 11.3 Å². The number of aromatic nitrogens is 2. The number of carbonyl (C=O) groups is 1. The van der Waals surface area contributed by atoms with E-state index >= 15 is 0 Å². The molecule has 2 heterocycles. The van der Waals surface area contributed by atoms with E-state index in [2.05, 4.69) is 10.1 Å². The van der Waals surface area contributed by atoms with E-state index in [1.807, 2.05) is 48.5 Å². The van der Waals surface area contributed by atoms with Crippen LogP contribution in [0.4, 0.5) is 0 Å². The Labute approximate surface area is 134 Å². The van der Waals surface area contributed by atoms with Crippen LogP contribution in [0.15, 0.2) is 65.4 Å². The molecule has 116 valence electrons. The highest BCUT2D eigenvalue weighted by molar-refractivity contribution is 5.78. The van der Waals surface area contributed by atoms with Gasteiger partial charge in [0, 0.05) is 31.1 Å². The molecule has 0 fully saturated rings. The summed E-state index contributed by atoms with van der Waals surface area (Å²) in [5.74, 6) is 0.668. The fourth-order valence-electron chi connectivity index (χ4n) is 2.27. The molecule has 3 rings (SSSR count). The summed E-state index contributed by atoms with van der Waals surface area (Å²) >= 11 is 0. The lowest BCUT2D eigenvalue weighted by Crippen LogP contribution is -2.27. The fourth-order valence-corrected chi connectivity index (χ4v) is 2.27. The maximum Gasteiger partial charge on any atom is 0.227 e.